The fourth-order valence-electron chi connectivity index (χ4n) is 1.26. The number of urea groups is 1. The number of hydrogen-bond donors (Lipinski definition) is 4. The minimum atomic E-state index is -1.16. The highest BCUT2D eigenvalue weighted by atomic mass is 16.4. The SMILES string of the molecule is C=CCC(NC(=O)NC(C)C(=O)NC(C)C)C(=O)O. The smallest absolute Gasteiger partial charge is 0.326 e. The van der Waals surface area contributed by atoms with Crippen LogP contribution in [0.4, 0.5) is 4.79 Å². The van der Waals surface area contributed by atoms with Gasteiger partial charge in [-0.15, -0.1) is 6.58 Å². The molecule has 0 heterocycles. The van der Waals surface area contributed by atoms with Crippen LogP contribution < -0.4 is 16.0 Å². The molecule has 0 fully saturated rings. The molecule has 0 saturated carbocycles. The average molecular weight is 271 g/mol. The van der Waals surface area contributed by atoms with Gasteiger partial charge in [-0.2, -0.15) is 0 Å². The molecule has 0 bridgehead atoms. The lowest BCUT2D eigenvalue weighted by Gasteiger charge is -2.18. The van der Waals surface area contributed by atoms with Crippen LogP contribution in [0.15, 0.2) is 12.7 Å². The van der Waals surface area contributed by atoms with Gasteiger partial charge >= 0.3 is 12.0 Å². The van der Waals surface area contributed by atoms with Gasteiger partial charge in [-0.3, -0.25) is 4.79 Å². The van der Waals surface area contributed by atoms with Gasteiger partial charge in [-0.1, -0.05) is 6.08 Å². The quantitative estimate of drug-likeness (QED) is 0.497. The molecule has 0 radical (unpaired) electrons. The van der Waals surface area contributed by atoms with Crippen LogP contribution in [0.25, 0.3) is 0 Å². The first-order valence-corrected chi connectivity index (χ1v) is 5.99. The van der Waals surface area contributed by atoms with E-state index < -0.39 is 24.1 Å². The molecule has 0 spiro atoms. The largest absolute Gasteiger partial charge is 0.480 e. The van der Waals surface area contributed by atoms with E-state index in [1.807, 2.05) is 0 Å². The Morgan fingerprint density at radius 2 is 1.74 bits per heavy atom. The third-order valence-electron chi connectivity index (χ3n) is 2.18. The first-order valence-electron chi connectivity index (χ1n) is 5.99. The Morgan fingerprint density at radius 1 is 1.16 bits per heavy atom. The molecule has 0 aromatic heterocycles. The lowest BCUT2D eigenvalue weighted by Crippen LogP contribution is -2.52. The molecule has 2 unspecified atom stereocenters. The molecule has 19 heavy (non-hydrogen) atoms. The predicted molar refractivity (Wildman–Crippen MR) is 70.6 cm³/mol. The summed E-state index contributed by atoms with van der Waals surface area (Å²) in [5, 5.41) is 16.1. The van der Waals surface area contributed by atoms with E-state index in [9.17, 15) is 14.4 Å². The summed E-state index contributed by atoms with van der Waals surface area (Å²) in [4.78, 5) is 33.9. The van der Waals surface area contributed by atoms with Crippen molar-refractivity contribution >= 4 is 17.9 Å². The summed E-state index contributed by atoms with van der Waals surface area (Å²) < 4.78 is 0. The van der Waals surface area contributed by atoms with Gasteiger partial charge in [0.1, 0.15) is 12.1 Å². The molecule has 0 saturated heterocycles. The number of rotatable bonds is 7. The Balaban J connectivity index is 4.32. The summed E-state index contributed by atoms with van der Waals surface area (Å²) in [5.74, 6) is -1.49. The second kappa shape index (κ2) is 8.12. The average Bonchev–Trinajstić information content (AvgIpc) is 2.27. The highest BCUT2D eigenvalue weighted by Gasteiger charge is 2.21. The lowest BCUT2D eigenvalue weighted by molar-refractivity contribution is -0.139. The van der Waals surface area contributed by atoms with Crippen LogP contribution in [0.5, 0.6) is 0 Å². The molecule has 0 aliphatic heterocycles. The van der Waals surface area contributed by atoms with Gasteiger partial charge in [0.15, 0.2) is 0 Å². The van der Waals surface area contributed by atoms with Gasteiger partial charge in [0.25, 0.3) is 0 Å². The third-order valence-corrected chi connectivity index (χ3v) is 2.18. The molecule has 3 amide bonds. The van der Waals surface area contributed by atoms with E-state index in [0.29, 0.717) is 0 Å². The molecule has 0 aliphatic rings. The summed E-state index contributed by atoms with van der Waals surface area (Å²) >= 11 is 0. The van der Waals surface area contributed by atoms with Crippen LogP contribution in [0.2, 0.25) is 0 Å². The van der Waals surface area contributed by atoms with E-state index in [2.05, 4.69) is 22.5 Å². The van der Waals surface area contributed by atoms with Crippen molar-refractivity contribution in [3.05, 3.63) is 12.7 Å². The van der Waals surface area contributed by atoms with Crippen LogP contribution in [0.1, 0.15) is 27.2 Å². The van der Waals surface area contributed by atoms with E-state index in [0.717, 1.165) is 0 Å². The minimum Gasteiger partial charge on any atom is -0.480 e. The first-order chi connectivity index (χ1) is 8.77. The van der Waals surface area contributed by atoms with Crippen molar-refractivity contribution in [2.75, 3.05) is 0 Å². The fraction of sp³-hybridized carbons (Fsp3) is 0.583. The van der Waals surface area contributed by atoms with E-state index in [4.69, 9.17) is 5.11 Å². The van der Waals surface area contributed by atoms with Crippen molar-refractivity contribution in [2.45, 2.75) is 45.3 Å². The van der Waals surface area contributed by atoms with Crippen molar-refractivity contribution in [3.8, 4) is 0 Å². The Kier molecular flexibility index (Phi) is 7.25. The third kappa shape index (κ3) is 7.07. The Hall–Kier alpha value is -2.05. The molecule has 2 atom stereocenters. The highest BCUT2D eigenvalue weighted by Crippen LogP contribution is 1.93. The maximum absolute atomic E-state index is 11.5. The van der Waals surface area contributed by atoms with E-state index in [-0.39, 0.29) is 18.4 Å². The van der Waals surface area contributed by atoms with Gasteiger partial charge in [0.2, 0.25) is 5.91 Å². The maximum Gasteiger partial charge on any atom is 0.326 e. The molecule has 0 aromatic carbocycles. The summed E-state index contributed by atoms with van der Waals surface area (Å²) in [6.45, 7) is 8.53. The summed E-state index contributed by atoms with van der Waals surface area (Å²) in [6.07, 6.45) is 1.50. The Labute approximate surface area is 112 Å². The second-order valence-electron chi connectivity index (χ2n) is 4.42. The molecular weight excluding hydrogens is 250 g/mol. The monoisotopic (exact) mass is 271 g/mol. The predicted octanol–water partition coefficient (Wildman–Crippen LogP) is 0.228. The molecule has 0 aliphatic carbocycles. The molecule has 0 rings (SSSR count). The minimum absolute atomic E-state index is 0.0349. The Morgan fingerprint density at radius 3 is 2.16 bits per heavy atom. The molecule has 0 aromatic rings. The van der Waals surface area contributed by atoms with E-state index >= 15 is 0 Å². The standard InChI is InChI=1S/C12H21N3O4/c1-5-6-9(11(17)18)15-12(19)14-8(4)10(16)13-7(2)3/h5,7-9H,1,6H2,2-4H3,(H,13,16)(H,17,18)(H2,14,15,19). The number of carbonyl (C=O) groups is 3. The lowest BCUT2D eigenvalue weighted by atomic mass is 10.2. The van der Waals surface area contributed by atoms with Crippen LogP contribution in [-0.2, 0) is 9.59 Å². The van der Waals surface area contributed by atoms with Crippen LogP contribution in [0.3, 0.4) is 0 Å². The molecular formula is C12H21N3O4. The van der Waals surface area contributed by atoms with Crippen LogP contribution in [0, 0.1) is 0 Å². The second-order valence-corrected chi connectivity index (χ2v) is 4.42. The van der Waals surface area contributed by atoms with E-state index in [1.54, 1.807) is 13.8 Å². The zero-order valence-electron chi connectivity index (χ0n) is 11.4. The first kappa shape index (κ1) is 16.9. The highest BCUT2D eigenvalue weighted by molar-refractivity contribution is 5.88. The zero-order valence-corrected chi connectivity index (χ0v) is 11.4. The summed E-state index contributed by atoms with van der Waals surface area (Å²) in [7, 11) is 0. The van der Waals surface area contributed by atoms with Gasteiger partial charge in [0, 0.05) is 6.04 Å². The normalized spacial score (nSPS) is 13.3. The van der Waals surface area contributed by atoms with Crippen molar-refractivity contribution in [1.29, 1.82) is 0 Å². The van der Waals surface area contributed by atoms with Gasteiger partial charge in [0.05, 0.1) is 0 Å². The molecule has 7 heteroatoms. The number of nitrogens with one attached hydrogen (secondary N) is 3. The van der Waals surface area contributed by atoms with Gasteiger partial charge < -0.3 is 21.1 Å². The van der Waals surface area contributed by atoms with Crippen LogP contribution >= 0.6 is 0 Å². The molecule has 7 nitrogen and oxygen atoms in total. The van der Waals surface area contributed by atoms with Crippen molar-refractivity contribution in [1.82, 2.24) is 16.0 Å². The fourth-order valence-corrected chi connectivity index (χ4v) is 1.26. The number of amides is 3. The number of carboxylic acid groups (broad SMARTS) is 1. The van der Waals surface area contributed by atoms with Crippen molar-refractivity contribution in [2.24, 2.45) is 0 Å². The summed E-state index contributed by atoms with van der Waals surface area (Å²) in [6, 6.07) is -2.55. The Bertz CT molecular complexity index is 355. The van der Waals surface area contributed by atoms with Crippen molar-refractivity contribution in [3.63, 3.8) is 0 Å². The number of carboxylic acids is 1. The van der Waals surface area contributed by atoms with Gasteiger partial charge in [-0.05, 0) is 27.2 Å². The van der Waals surface area contributed by atoms with Crippen molar-refractivity contribution < 1.29 is 19.5 Å². The summed E-state index contributed by atoms with van der Waals surface area (Å²) in [5.41, 5.74) is 0. The number of aliphatic carboxylic acids is 1. The molecule has 4 N–H and O–H groups in total. The number of carbonyl (C=O) groups excluding carboxylic acids is 2. The number of hydrogen-bond acceptors (Lipinski definition) is 3. The molecule has 108 valence electrons. The van der Waals surface area contributed by atoms with E-state index in [1.165, 1.54) is 13.0 Å². The topological polar surface area (TPSA) is 108 Å². The van der Waals surface area contributed by atoms with Crippen LogP contribution in [-0.4, -0.2) is 41.1 Å². The van der Waals surface area contributed by atoms with Gasteiger partial charge in [-0.25, -0.2) is 9.59 Å². The maximum atomic E-state index is 11.5. The zero-order chi connectivity index (χ0) is 15.0.